The van der Waals surface area contributed by atoms with E-state index in [1.54, 1.807) is 6.20 Å². The summed E-state index contributed by atoms with van der Waals surface area (Å²) >= 11 is 5.77. The molecule has 2 aromatic heterocycles. The van der Waals surface area contributed by atoms with Crippen molar-refractivity contribution in [3.8, 4) is 0 Å². The Bertz CT molecular complexity index is 1180. The Morgan fingerprint density at radius 1 is 1.24 bits per heavy atom. The summed E-state index contributed by atoms with van der Waals surface area (Å²) in [5.41, 5.74) is 4.81. The van der Waals surface area contributed by atoms with Gasteiger partial charge in [-0.3, -0.25) is 14.7 Å². The van der Waals surface area contributed by atoms with Gasteiger partial charge in [0.15, 0.2) is 5.11 Å². The maximum atomic E-state index is 12.9. The van der Waals surface area contributed by atoms with E-state index in [4.69, 9.17) is 17.0 Å². The largest absolute Gasteiger partial charge is 0.379 e. The van der Waals surface area contributed by atoms with Crippen molar-refractivity contribution in [1.82, 2.24) is 25.1 Å². The van der Waals surface area contributed by atoms with E-state index in [0.29, 0.717) is 23.8 Å². The highest BCUT2D eigenvalue weighted by Gasteiger charge is 2.15. The van der Waals surface area contributed by atoms with Crippen molar-refractivity contribution in [3.63, 3.8) is 0 Å². The first-order valence-corrected chi connectivity index (χ1v) is 12.3. The first-order valence-electron chi connectivity index (χ1n) is 11.8. The van der Waals surface area contributed by atoms with Crippen LogP contribution in [0.5, 0.6) is 0 Å². The minimum Gasteiger partial charge on any atom is -0.379 e. The molecular weight excluding hydrogens is 446 g/mol. The highest BCUT2D eigenvalue weighted by molar-refractivity contribution is 7.80. The summed E-state index contributed by atoms with van der Waals surface area (Å²) < 4.78 is 5.42. The lowest BCUT2D eigenvalue weighted by molar-refractivity contribution is 0.0376. The lowest BCUT2D eigenvalue weighted by Crippen LogP contribution is -2.42. The number of thiocarbonyl (C=S) groups is 1. The second-order valence-electron chi connectivity index (χ2n) is 8.92. The Morgan fingerprint density at radius 3 is 2.82 bits per heavy atom. The Kier molecular flexibility index (Phi) is 8.26. The predicted octanol–water partition coefficient (Wildman–Crippen LogP) is 3.14. The highest BCUT2D eigenvalue weighted by Crippen LogP contribution is 2.19. The van der Waals surface area contributed by atoms with Crippen LogP contribution >= 0.6 is 12.2 Å². The van der Waals surface area contributed by atoms with E-state index in [0.717, 1.165) is 73.4 Å². The summed E-state index contributed by atoms with van der Waals surface area (Å²) in [6, 6.07) is 10.1. The van der Waals surface area contributed by atoms with Gasteiger partial charge < -0.3 is 19.9 Å². The third-order valence-electron chi connectivity index (χ3n) is 6.17. The smallest absolute Gasteiger partial charge is 0.253 e. The summed E-state index contributed by atoms with van der Waals surface area (Å²) in [5.74, 6) is 0. The van der Waals surface area contributed by atoms with Gasteiger partial charge in [-0.25, -0.2) is 0 Å². The third kappa shape index (κ3) is 6.40. The molecule has 0 bridgehead atoms. The van der Waals surface area contributed by atoms with Crippen molar-refractivity contribution >= 4 is 28.2 Å². The fourth-order valence-corrected chi connectivity index (χ4v) is 4.62. The number of aryl methyl sites for hydroxylation is 2. The zero-order valence-corrected chi connectivity index (χ0v) is 20.8. The monoisotopic (exact) mass is 479 g/mol. The van der Waals surface area contributed by atoms with Gasteiger partial charge in [-0.15, -0.1) is 0 Å². The van der Waals surface area contributed by atoms with E-state index >= 15 is 0 Å². The molecule has 1 fully saturated rings. The number of morpholine rings is 1. The third-order valence-corrected chi connectivity index (χ3v) is 6.57. The lowest BCUT2D eigenvalue weighted by Gasteiger charge is -2.28. The maximum Gasteiger partial charge on any atom is 0.253 e. The molecule has 1 aromatic carbocycles. The number of nitrogens with zero attached hydrogens (tertiary/aromatic N) is 3. The van der Waals surface area contributed by atoms with E-state index in [-0.39, 0.29) is 5.56 Å². The Labute approximate surface area is 206 Å². The first-order chi connectivity index (χ1) is 16.5. The number of pyridine rings is 2. The Hall–Kier alpha value is -2.81. The molecule has 2 N–H and O–H groups in total. The zero-order valence-electron chi connectivity index (χ0n) is 20.0. The molecule has 1 aliphatic rings. The summed E-state index contributed by atoms with van der Waals surface area (Å²) in [4.78, 5) is 24.7. The van der Waals surface area contributed by atoms with Crippen LogP contribution in [0.1, 0.15) is 28.7 Å². The summed E-state index contributed by atoms with van der Waals surface area (Å²) in [6.07, 6.45) is 4.59. The quantitative estimate of drug-likeness (QED) is 0.380. The molecule has 0 saturated carbocycles. The van der Waals surface area contributed by atoms with Crippen molar-refractivity contribution < 1.29 is 4.74 Å². The number of fused-ring (bicyclic) bond motifs is 1. The average Bonchev–Trinajstić information content (AvgIpc) is 2.83. The number of benzene rings is 1. The van der Waals surface area contributed by atoms with Gasteiger partial charge in [0.2, 0.25) is 0 Å². The zero-order chi connectivity index (χ0) is 23.9. The van der Waals surface area contributed by atoms with Gasteiger partial charge in [-0.1, -0.05) is 12.1 Å². The molecule has 3 heterocycles. The number of hydrogen-bond donors (Lipinski definition) is 2. The summed E-state index contributed by atoms with van der Waals surface area (Å²) in [6.45, 7) is 10.5. The van der Waals surface area contributed by atoms with E-state index in [9.17, 15) is 4.79 Å². The molecule has 34 heavy (non-hydrogen) atoms. The SMILES string of the molecule is Cc1cc(C)c2cc(CN(Cc3cccnc3)C(=S)NCCCN3CCOCC3)c(=O)[nH]c2c1. The first kappa shape index (κ1) is 24.3. The lowest BCUT2D eigenvalue weighted by atomic mass is 10.0. The highest BCUT2D eigenvalue weighted by atomic mass is 32.1. The predicted molar refractivity (Wildman–Crippen MR) is 140 cm³/mol. The molecule has 3 aromatic rings. The molecule has 7 nitrogen and oxygen atoms in total. The van der Waals surface area contributed by atoms with E-state index < -0.39 is 0 Å². The molecule has 0 amide bonds. The summed E-state index contributed by atoms with van der Waals surface area (Å²) in [7, 11) is 0. The van der Waals surface area contributed by atoms with Crippen molar-refractivity contribution in [1.29, 1.82) is 0 Å². The molecule has 180 valence electrons. The molecule has 0 unspecified atom stereocenters. The number of aromatic nitrogens is 2. The molecule has 1 saturated heterocycles. The fraction of sp³-hybridized carbons (Fsp3) is 0.423. The van der Waals surface area contributed by atoms with Crippen LogP contribution in [0, 0.1) is 13.8 Å². The topological polar surface area (TPSA) is 73.5 Å². The van der Waals surface area contributed by atoms with Gasteiger partial charge in [0, 0.05) is 55.0 Å². The number of nitrogens with one attached hydrogen (secondary N) is 2. The van der Waals surface area contributed by atoms with Crippen LogP contribution in [0.2, 0.25) is 0 Å². The number of aromatic amines is 1. The van der Waals surface area contributed by atoms with E-state index in [1.165, 1.54) is 0 Å². The molecule has 4 rings (SSSR count). The molecule has 0 spiro atoms. The average molecular weight is 480 g/mol. The van der Waals surface area contributed by atoms with Crippen LogP contribution in [-0.2, 0) is 17.8 Å². The van der Waals surface area contributed by atoms with Crippen molar-refractivity contribution in [3.05, 3.63) is 75.3 Å². The van der Waals surface area contributed by atoms with Gasteiger partial charge in [-0.05, 0) is 73.9 Å². The Balaban J connectivity index is 1.47. The van der Waals surface area contributed by atoms with Crippen LogP contribution in [0.25, 0.3) is 10.9 Å². The standard InChI is InChI=1S/C26H33N5O2S/c1-19-13-20(2)23-15-22(25(32)29-24(23)14-19)18-31(17-21-5-3-6-27-16-21)26(34)28-7-4-8-30-9-11-33-12-10-30/h3,5-6,13-16H,4,7-12,17-18H2,1-2H3,(H,28,34)(H,29,32). The number of H-pyrrole nitrogens is 1. The van der Waals surface area contributed by atoms with E-state index in [2.05, 4.69) is 33.2 Å². The number of hydrogen-bond acceptors (Lipinski definition) is 5. The van der Waals surface area contributed by atoms with Crippen LogP contribution < -0.4 is 10.9 Å². The van der Waals surface area contributed by atoms with Crippen molar-refractivity contribution in [2.45, 2.75) is 33.4 Å². The second-order valence-corrected chi connectivity index (χ2v) is 9.31. The van der Waals surface area contributed by atoms with E-state index in [1.807, 2.05) is 42.3 Å². The fourth-order valence-electron chi connectivity index (χ4n) is 4.39. The second kappa shape index (κ2) is 11.6. The maximum absolute atomic E-state index is 12.9. The molecule has 1 aliphatic heterocycles. The van der Waals surface area contributed by atoms with Gasteiger partial charge in [-0.2, -0.15) is 0 Å². The van der Waals surface area contributed by atoms with Crippen LogP contribution in [0.15, 0.2) is 47.5 Å². The van der Waals surface area contributed by atoms with Gasteiger partial charge in [0.1, 0.15) is 0 Å². The molecule has 8 heteroatoms. The molecular formula is C26H33N5O2S. The van der Waals surface area contributed by atoms with Gasteiger partial charge >= 0.3 is 0 Å². The van der Waals surface area contributed by atoms with Crippen LogP contribution in [-0.4, -0.2) is 64.3 Å². The van der Waals surface area contributed by atoms with Crippen molar-refractivity contribution in [2.24, 2.45) is 0 Å². The van der Waals surface area contributed by atoms with Crippen LogP contribution in [0.4, 0.5) is 0 Å². The number of rotatable bonds is 8. The van der Waals surface area contributed by atoms with Gasteiger partial charge in [0.25, 0.3) is 5.56 Å². The number of ether oxygens (including phenoxy) is 1. The minimum atomic E-state index is -0.0798. The summed E-state index contributed by atoms with van der Waals surface area (Å²) in [5, 5.41) is 5.11. The normalized spacial score (nSPS) is 14.3. The minimum absolute atomic E-state index is 0.0798. The van der Waals surface area contributed by atoms with Crippen LogP contribution in [0.3, 0.4) is 0 Å². The molecule has 0 radical (unpaired) electrons. The molecule has 0 aliphatic carbocycles. The molecule has 0 atom stereocenters. The van der Waals surface area contributed by atoms with Crippen molar-refractivity contribution in [2.75, 3.05) is 39.4 Å². The Morgan fingerprint density at radius 2 is 2.06 bits per heavy atom. The van der Waals surface area contributed by atoms with Gasteiger partial charge in [0.05, 0.1) is 19.8 Å².